The van der Waals surface area contributed by atoms with Crippen molar-refractivity contribution in [2.45, 2.75) is 6.04 Å². The first-order chi connectivity index (χ1) is 9.56. The molecule has 108 valence electrons. The van der Waals surface area contributed by atoms with Gasteiger partial charge < -0.3 is 19.5 Å². The molecule has 6 nitrogen and oxygen atoms in total. The number of nitrogens with zero attached hydrogens (tertiary/aromatic N) is 1. The largest absolute Gasteiger partial charge is 0.497 e. The molecule has 1 N–H and O–H groups in total. The normalized spacial score (nSPS) is 17.9. The molecule has 0 aromatic heterocycles. The predicted octanol–water partition coefficient (Wildman–Crippen LogP) is 1.30. The predicted molar refractivity (Wildman–Crippen MR) is 74.5 cm³/mol. The summed E-state index contributed by atoms with van der Waals surface area (Å²) < 4.78 is 10.2. The van der Waals surface area contributed by atoms with Crippen molar-refractivity contribution >= 4 is 23.6 Å². The van der Waals surface area contributed by atoms with Gasteiger partial charge in [-0.1, -0.05) is 0 Å². The molecule has 1 aliphatic rings. The molecule has 1 amide bonds. The topological polar surface area (TPSA) is 76.1 Å². The maximum Gasteiger partial charge on any atom is 0.327 e. The molecule has 0 aliphatic carbocycles. The van der Waals surface area contributed by atoms with E-state index in [-0.39, 0.29) is 5.91 Å². The summed E-state index contributed by atoms with van der Waals surface area (Å²) >= 11 is 1.42. The van der Waals surface area contributed by atoms with E-state index in [1.54, 1.807) is 18.2 Å². The lowest BCUT2D eigenvalue weighted by molar-refractivity contribution is -0.140. The van der Waals surface area contributed by atoms with E-state index in [1.807, 2.05) is 0 Å². The third-order valence-electron chi connectivity index (χ3n) is 3.03. The second-order valence-electron chi connectivity index (χ2n) is 4.23. The first-order valence-electron chi connectivity index (χ1n) is 5.91. The molecule has 1 unspecified atom stereocenters. The summed E-state index contributed by atoms with van der Waals surface area (Å²) in [5.74, 6) is 0.438. The third-order valence-corrected chi connectivity index (χ3v) is 4.04. The van der Waals surface area contributed by atoms with Crippen LogP contribution in [0.3, 0.4) is 0 Å². The molecule has 2 rings (SSSR count). The monoisotopic (exact) mass is 297 g/mol. The quantitative estimate of drug-likeness (QED) is 0.903. The summed E-state index contributed by atoms with van der Waals surface area (Å²) in [6.07, 6.45) is 0. The Bertz CT molecular complexity index is 511. The van der Waals surface area contributed by atoms with E-state index in [9.17, 15) is 9.59 Å². The van der Waals surface area contributed by atoms with Gasteiger partial charge in [0.15, 0.2) is 0 Å². The van der Waals surface area contributed by atoms with Crippen molar-refractivity contribution in [2.75, 3.05) is 25.8 Å². The van der Waals surface area contributed by atoms with Crippen molar-refractivity contribution in [3.05, 3.63) is 23.8 Å². The van der Waals surface area contributed by atoms with Gasteiger partial charge in [-0.05, 0) is 12.1 Å². The zero-order valence-corrected chi connectivity index (χ0v) is 12.0. The fourth-order valence-corrected chi connectivity index (χ4v) is 3.09. The van der Waals surface area contributed by atoms with Gasteiger partial charge in [0.2, 0.25) is 0 Å². The van der Waals surface area contributed by atoms with Gasteiger partial charge in [-0.15, -0.1) is 11.8 Å². The minimum absolute atomic E-state index is 0.334. The number of hydrogen-bond donors (Lipinski definition) is 1. The highest BCUT2D eigenvalue weighted by atomic mass is 32.2. The molecule has 7 heteroatoms. The van der Waals surface area contributed by atoms with E-state index >= 15 is 0 Å². The van der Waals surface area contributed by atoms with Crippen LogP contribution in [0.25, 0.3) is 0 Å². The first kappa shape index (κ1) is 14.5. The number of carboxylic acids is 1. The molecule has 1 aliphatic heterocycles. The Morgan fingerprint density at radius 1 is 1.25 bits per heavy atom. The van der Waals surface area contributed by atoms with E-state index in [0.717, 1.165) is 0 Å². The van der Waals surface area contributed by atoms with Gasteiger partial charge in [0.05, 0.1) is 20.1 Å². The van der Waals surface area contributed by atoms with Crippen LogP contribution in [-0.2, 0) is 4.79 Å². The molecule has 0 spiro atoms. The number of benzene rings is 1. The van der Waals surface area contributed by atoms with E-state index in [0.29, 0.717) is 28.7 Å². The van der Waals surface area contributed by atoms with E-state index < -0.39 is 12.0 Å². The smallest absolute Gasteiger partial charge is 0.327 e. The molecule has 1 aromatic carbocycles. The van der Waals surface area contributed by atoms with Crippen LogP contribution < -0.4 is 9.47 Å². The van der Waals surface area contributed by atoms with Crippen LogP contribution in [0.5, 0.6) is 11.5 Å². The van der Waals surface area contributed by atoms with E-state index in [2.05, 4.69) is 0 Å². The number of methoxy groups -OCH3 is 2. The minimum atomic E-state index is -0.988. The molecular formula is C13H15NO5S. The van der Waals surface area contributed by atoms with Gasteiger partial charge in [0.1, 0.15) is 17.5 Å². The summed E-state index contributed by atoms with van der Waals surface area (Å²) in [7, 11) is 2.99. The molecule has 1 atom stereocenters. The molecule has 1 saturated heterocycles. The number of amides is 1. The molecular weight excluding hydrogens is 282 g/mol. The number of thioether (sulfide) groups is 1. The average Bonchev–Trinajstić information content (AvgIpc) is 2.95. The Hall–Kier alpha value is -1.89. The fraction of sp³-hybridized carbons (Fsp3) is 0.385. The van der Waals surface area contributed by atoms with Crippen LogP contribution in [0.4, 0.5) is 0 Å². The molecule has 1 fully saturated rings. The SMILES string of the molecule is COc1cc(OC)cc(C(=O)N2CSCC2C(=O)O)c1. The van der Waals surface area contributed by atoms with Crippen LogP contribution in [0.2, 0.25) is 0 Å². The number of carbonyl (C=O) groups is 2. The number of carboxylic acid groups (broad SMARTS) is 1. The lowest BCUT2D eigenvalue weighted by atomic mass is 10.1. The summed E-state index contributed by atoms with van der Waals surface area (Å²) in [6.45, 7) is 0. The van der Waals surface area contributed by atoms with Crippen LogP contribution in [-0.4, -0.2) is 53.8 Å². The molecule has 1 aromatic rings. The highest BCUT2D eigenvalue weighted by Gasteiger charge is 2.35. The van der Waals surface area contributed by atoms with Gasteiger partial charge in [-0.3, -0.25) is 4.79 Å². The Morgan fingerprint density at radius 3 is 2.35 bits per heavy atom. The van der Waals surface area contributed by atoms with Crippen LogP contribution in [0.15, 0.2) is 18.2 Å². The summed E-state index contributed by atoms with van der Waals surface area (Å²) in [5, 5.41) is 9.12. The maximum absolute atomic E-state index is 12.4. The minimum Gasteiger partial charge on any atom is -0.497 e. The molecule has 20 heavy (non-hydrogen) atoms. The summed E-state index contributed by atoms with van der Waals surface area (Å²) in [4.78, 5) is 24.9. The highest BCUT2D eigenvalue weighted by Crippen LogP contribution is 2.27. The lowest BCUT2D eigenvalue weighted by Gasteiger charge is -2.21. The van der Waals surface area contributed by atoms with Gasteiger partial charge in [0, 0.05) is 17.4 Å². The Morgan fingerprint density at radius 2 is 1.85 bits per heavy atom. The van der Waals surface area contributed by atoms with Crippen LogP contribution in [0.1, 0.15) is 10.4 Å². The van der Waals surface area contributed by atoms with E-state index in [4.69, 9.17) is 14.6 Å². The number of rotatable bonds is 4. The number of aliphatic carboxylic acids is 1. The zero-order chi connectivity index (χ0) is 14.7. The second kappa shape index (κ2) is 6.04. The molecule has 0 saturated carbocycles. The number of carbonyl (C=O) groups excluding carboxylic acids is 1. The van der Waals surface area contributed by atoms with Gasteiger partial charge in [0.25, 0.3) is 5.91 Å². The van der Waals surface area contributed by atoms with Gasteiger partial charge in [-0.2, -0.15) is 0 Å². The Kier molecular flexibility index (Phi) is 4.39. The average molecular weight is 297 g/mol. The van der Waals surface area contributed by atoms with Crippen molar-refractivity contribution in [2.24, 2.45) is 0 Å². The van der Waals surface area contributed by atoms with Crippen molar-refractivity contribution in [1.82, 2.24) is 4.90 Å². The van der Waals surface area contributed by atoms with Crippen molar-refractivity contribution < 1.29 is 24.2 Å². The van der Waals surface area contributed by atoms with Crippen LogP contribution >= 0.6 is 11.8 Å². The second-order valence-corrected chi connectivity index (χ2v) is 5.23. The zero-order valence-electron chi connectivity index (χ0n) is 11.2. The molecule has 0 bridgehead atoms. The van der Waals surface area contributed by atoms with E-state index in [1.165, 1.54) is 30.9 Å². The van der Waals surface area contributed by atoms with Gasteiger partial charge >= 0.3 is 5.97 Å². The van der Waals surface area contributed by atoms with Gasteiger partial charge in [-0.25, -0.2) is 4.79 Å². The first-order valence-corrected chi connectivity index (χ1v) is 7.07. The van der Waals surface area contributed by atoms with Crippen molar-refractivity contribution in [3.8, 4) is 11.5 Å². The highest BCUT2D eigenvalue weighted by molar-refractivity contribution is 7.99. The van der Waals surface area contributed by atoms with Crippen molar-refractivity contribution in [3.63, 3.8) is 0 Å². The third kappa shape index (κ3) is 2.82. The molecule has 0 radical (unpaired) electrons. The number of ether oxygens (including phenoxy) is 2. The Labute approximate surface area is 120 Å². The summed E-state index contributed by atoms with van der Waals surface area (Å²) in [6, 6.07) is 4.02. The standard InChI is InChI=1S/C13H15NO5S/c1-18-9-3-8(4-10(5-9)19-2)12(15)14-7-20-6-11(14)13(16)17/h3-5,11H,6-7H2,1-2H3,(H,16,17). The molecule has 1 heterocycles. The van der Waals surface area contributed by atoms with Crippen molar-refractivity contribution in [1.29, 1.82) is 0 Å². The number of hydrogen-bond acceptors (Lipinski definition) is 5. The Balaban J connectivity index is 2.30. The summed E-state index contributed by atoms with van der Waals surface area (Å²) in [5.41, 5.74) is 0.356. The van der Waals surface area contributed by atoms with Crippen LogP contribution in [0, 0.1) is 0 Å². The lowest BCUT2D eigenvalue weighted by Crippen LogP contribution is -2.41. The maximum atomic E-state index is 12.4. The fourth-order valence-electron chi connectivity index (χ4n) is 1.94.